The highest BCUT2D eigenvalue weighted by molar-refractivity contribution is 6.08. The summed E-state index contributed by atoms with van der Waals surface area (Å²) in [6.45, 7) is 3.30. The summed E-state index contributed by atoms with van der Waals surface area (Å²) in [5.41, 5.74) is 11.7. The lowest BCUT2D eigenvalue weighted by Gasteiger charge is -2.17. The smallest absolute Gasteiger partial charge is 0.251 e. The number of aromatic nitrogens is 3. The molecule has 0 aliphatic carbocycles. The molecule has 2 aromatic rings. The Morgan fingerprint density at radius 2 is 2.05 bits per heavy atom. The summed E-state index contributed by atoms with van der Waals surface area (Å²) < 4.78 is 7.02. The number of anilines is 1. The average Bonchev–Trinajstić information content (AvgIpc) is 2.92. The monoisotopic (exact) mass is 307 g/mol. The van der Waals surface area contributed by atoms with Crippen LogP contribution >= 0.6 is 0 Å². The topological polar surface area (TPSA) is 150 Å². The number of hydrogen-bond acceptors (Lipinski definition) is 7. The summed E-state index contributed by atoms with van der Waals surface area (Å²) in [5.74, 6) is -0.165. The number of ether oxygens (including phenoxy) is 1. The van der Waals surface area contributed by atoms with Gasteiger partial charge in [0, 0.05) is 6.20 Å². The van der Waals surface area contributed by atoms with Crippen molar-refractivity contribution in [3.8, 4) is 0 Å². The second-order valence-corrected chi connectivity index (χ2v) is 5.38. The first-order chi connectivity index (χ1) is 10.3. The summed E-state index contributed by atoms with van der Waals surface area (Å²) in [5, 5.41) is 20.3. The molecule has 9 nitrogen and oxygen atoms in total. The van der Waals surface area contributed by atoms with E-state index >= 15 is 0 Å². The number of primary amides is 1. The summed E-state index contributed by atoms with van der Waals surface area (Å²) in [6.07, 6.45) is -2.25. The maximum absolute atomic E-state index is 11.6. The molecule has 1 fully saturated rings. The molecule has 2 aromatic heterocycles. The number of hydrogen-bond donors (Lipinski definition) is 4. The van der Waals surface area contributed by atoms with E-state index in [9.17, 15) is 15.0 Å². The van der Waals surface area contributed by atoms with Crippen LogP contribution in [0.2, 0.25) is 0 Å². The number of nitrogens with two attached hydrogens (primary N) is 2. The highest BCUT2D eigenvalue weighted by Gasteiger charge is 2.42. The molecular weight excluding hydrogens is 290 g/mol. The molecule has 0 spiro atoms. The van der Waals surface area contributed by atoms with E-state index in [-0.39, 0.29) is 11.4 Å². The van der Waals surface area contributed by atoms with Crippen molar-refractivity contribution in [2.45, 2.75) is 38.4 Å². The number of nitrogens with zero attached hydrogens (tertiary/aromatic N) is 3. The van der Waals surface area contributed by atoms with Gasteiger partial charge in [0.1, 0.15) is 29.5 Å². The standard InChI is InChI=1S/C13H17N5O4/c1-4-8(19)9(20)13(22-4)18-3-6(11(15)21)7-10(14)16-5(2)17-12(7)18/h3-4,8-9,13,19-20H,1-2H3,(H2,15,21)(H2,14,16,17)/t4-,8-,9-,13-/m1/s1. The number of rotatable bonds is 2. The van der Waals surface area contributed by atoms with Crippen molar-refractivity contribution >= 4 is 22.8 Å². The molecule has 0 saturated carbocycles. The minimum absolute atomic E-state index is 0.121. The number of carbonyl (C=O) groups excluding carboxylic acids is 1. The second-order valence-electron chi connectivity index (χ2n) is 5.38. The number of carbonyl (C=O) groups is 1. The van der Waals surface area contributed by atoms with Gasteiger partial charge in [-0.1, -0.05) is 0 Å². The first kappa shape index (κ1) is 14.7. The van der Waals surface area contributed by atoms with Crippen LogP contribution < -0.4 is 11.5 Å². The molecule has 0 unspecified atom stereocenters. The lowest BCUT2D eigenvalue weighted by molar-refractivity contribution is -0.0296. The maximum Gasteiger partial charge on any atom is 0.251 e. The molecule has 118 valence electrons. The fraction of sp³-hybridized carbons (Fsp3) is 0.462. The molecule has 0 bridgehead atoms. The minimum atomic E-state index is -1.16. The number of nitrogen functional groups attached to an aromatic ring is 1. The molecule has 9 heteroatoms. The van der Waals surface area contributed by atoms with Gasteiger partial charge in [-0.15, -0.1) is 0 Å². The summed E-state index contributed by atoms with van der Waals surface area (Å²) in [4.78, 5) is 19.9. The third kappa shape index (κ3) is 2.02. The molecule has 1 aliphatic heterocycles. The molecule has 4 atom stereocenters. The van der Waals surface area contributed by atoms with Gasteiger partial charge in [-0.2, -0.15) is 0 Å². The molecule has 1 aliphatic rings. The third-order valence-electron chi connectivity index (χ3n) is 3.83. The Kier molecular flexibility index (Phi) is 3.28. The van der Waals surface area contributed by atoms with Gasteiger partial charge >= 0.3 is 0 Å². The summed E-state index contributed by atoms with van der Waals surface area (Å²) >= 11 is 0. The van der Waals surface area contributed by atoms with Gasteiger partial charge in [-0.3, -0.25) is 4.79 Å². The normalized spacial score (nSPS) is 28.4. The Morgan fingerprint density at radius 3 is 2.59 bits per heavy atom. The van der Waals surface area contributed by atoms with E-state index in [4.69, 9.17) is 16.2 Å². The number of fused-ring (bicyclic) bond motifs is 1. The molecule has 1 saturated heterocycles. The van der Waals surface area contributed by atoms with E-state index in [0.717, 1.165) is 0 Å². The molecule has 1 amide bonds. The van der Waals surface area contributed by atoms with Gasteiger partial charge in [0.25, 0.3) is 5.91 Å². The Balaban J connectivity index is 2.25. The summed E-state index contributed by atoms with van der Waals surface area (Å²) in [7, 11) is 0. The Bertz CT molecular complexity index is 758. The fourth-order valence-corrected chi connectivity index (χ4v) is 2.73. The number of aliphatic hydroxyl groups excluding tert-OH is 2. The Labute approximate surface area is 125 Å². The maximum atomic E-state index is 11.6. The first-order valence-electron chi connectivity index (χ1n) is 6.77. The zero-order chi connectivity index (χ0) is 16.2. The van der Waals surface area contributed by atoms with Gasteiger partial charge in [0.15, 0.2) is 6.23 Å². The minimum Gasteiger partial charge on any atom is -0.388 e. The van der Waals surface area contributed by atoms with Gasteiger partial charge in [-0.25, -0.2) is 9.97 Å². The predicted octanol–water partition coefficient (Wildman–Crippen LogP) is -0.940. The third-order valence-corrected chi connectivity index (χ3v) is 3.83. The van der Waals surface area contributed by atoms with E-state index < -0.39 is 30.4 Å². The van der Waals surface area contributed by atoms with Crippen LogP contribution in [0, 0.1) is 6.92 Å². The Morgan fingerprint density at radius 1 is 1.36 bits per heavy atom. The van der Waals surface area contributed by atoms with Crippen LogP contribution in [0.1, 0.15) is 29.3 Å². The molecule has 0 aromatic carbocycles. The van der Waals surface area contributed by atoms with E-state index in [2.05, 4.69) is 9.97 Å². The SMILES string of the molecule is Cc1nc(N)c2c(C(N)=O)cn([C@@H]3O[C@H](C)[C@@H](O)[C@H]3O)c2n1. The molecule has 3 heterocycles. The number of aliphatic hydroxyl groups is 2. The predicted molar refractivity (Wildman–Crippen MR) is 76.8 cm³/mol. The lowest BCUT2D eigenvalue weighted by atomic mass is 10.1. The highest BCUT2D eigenvalue weighted by atomic mass is 16.6. The van der Waals surface area contributed by atoms with Gasteiger partial charge in [0.2, 0.25) is 0 Å². The molecule has 6 N–H and O–H groups in total. The van der Waals surface area contributed by atoms with Crippen LogP contribution in [-0.2, 0) is 4.74 Å². The van der Waals surface area contributed by atoms with Gasteiger partial charge < -0.3 is 31.0 Å². The van der Waals surface area contributed by atoms with E-state index in [1.54, 1.807) is 13.8 Å². The van der Waals surface area contributed by atoms with E-state index in [1.807, 2.05) is 0 Å². The van der Waals surface area contributed by atoms with Gasteiger partial charge in [-0.05, 0) is 13.8 Å². The fourth-order valence-electron chi connectivity index (χ4n) is 2.73. The van der Waals surface area contributed by atoms with Crippen molar-refractivity contribution in [3.05, 3.63) is 17.6 Å². The Hall–Kier alpha value is -2.23. The highest BCUT2D eigenvalue weighted by Crippen LogP contribution is 2.34. The van der Waals surface area contributed by atoms with E-state index in [1.165, 1.54) is 10.8 Å². The molecule has 3 rings (SSSR count). The van der Waals surface area contributed by atoms with Gasteiger partial charge in [0.05, 0.1) is 17.1 Å². The number of amides is 1. The van der Waals surface area contributed by atoms with Crippen molar-refractivity contribution in [1.29, 1.82) is 0 Å². The van der Waals surface area contributed by atoms with Crippen molar-refractivity contribution < 1.29 is 19.7 Å². The zero-order valence-corrected chi connectivity index (χ0v) is 12.1. The van der Waals surface area contributed by atoms with E-state index in [0.29, 0.717) is 16.9 Å². The summed E-state index contributed by atoms with van der Waals surface area (Å²) in [6, 6.07) is 0. The van der Waals surface area contributed by atoms with Crippen LogP contribution in [0.3, 0.4) is 0 Å². The van der Waals surface area contributed by atoms with Crippen LogP contribution in [-0.4, -0.2) is 49.0 Å². The number of aryl methyl sites for hydroxylation is 1. The van der Waals surface area contributed by atoms with Crippen molar-refractivity contribution in [2.75, 3.05) is 5.73 Å². The first-order valence-corrected chi connectivity index (χ1v) is 6.77. The molecule has 22 heavy (non-hydrogen) atoms. The lowest BCUT2D eigenvalue weighted by Crippen LogP contribution is -2.30. The van der Waals surface area contributed by atoms with Crippen LogP contribution in [0.15, 0.2) is 6.20 Å². The molecule has 0 radical (unpaired) electrons. The largest absolute Gasteiger partial charge is 0.388 e. The zero-order valence-electron chi connectivity index (χ0n) is 12.1. The van der Waals surface area contributed by atoms with Crippen LogP contribution in [0.25, 0.3) is 11.0 Å². The van der Waals surface area contributed by atoms with Crippen LogP contribution in [0.4, 0.5) is 5.82 Å². The van der Waals surface area contributed by atoms with Crippen molar-refractivity contribution in [1.82, 2.24) is 14.5 Å². The molecular formula is C13H17N5O4. The average molecular weight is 307 g/mol. The van der Waals surface area contributed by atoms with Crippen LogP contribution in [0.5, 0.6) is 0 Å². The van der Waals surface area contributed by atoms with Crippen molar-refractivity contribution in [2.24, 2.45) is 5.73 Å². The quantitative estimate of drug-likeness (QED) is 0.559. The van der Waals surface area contributed by atoms with Crippen molar-refractivity contribution in [3.63, 3.8) is 0 Å². The second kappa shape index (κ2) is 4.90.